The topological polar surface area (TPSA) is 81.9 Å². The third kappa shape index (κ3) is 5.51. The molecule has 0 saturated carbocycles. The van der Waals surface area contributed by atoms with Crippen LogP contribution in [0.1, 0.15) is 15.9 Å². The molecular weight excluding hydrogens is 407 g/mol. The lowest BCUT2D eigenvalue weighted by Gasteiger charge is -2.04. The Balaban J connectivity index is 0.00000127. The van der Waals surface area contributed by atoms with Crippen LogP contribution in [-0.4, -0.2) is 29.4 Å². The fourth-order valence-corrected chi connectivity index (χ4v) is 2.61. The molecule has 2 aromatic rings. The number of amides is 1. The number of carbonyl (C=O) groups is 1. The molecule has 0 heterocycles. The lowest BCUT2D eigenvalue weighted by Crippen LogP contribution is -2.17. The van der Waals surface area contributed by atoms with Crippen LogP contribution in [0.25, 0.3) is 0 Å². The predicted molar refractivity (Wildman–Crippen MR) is 95.5 cm³/mol. The van der Waals surface area contributed by atoms with E-state index in [9.17, 15) is 9.90 Å². The Morgan fingerprint density at radius 3 is 2.57 bits per heavy atom. The Hall–Kier alpha value is -1.60. The average Bonchev–Trinajstić information content (AvgIpc) is 2.54. The Morgan fingerprint density at radius 1 is 1.26 bits per heavy atom. The Bertz CT molecular complexity index is 724. The number of nitrogens with one attached hydrogen (secondary N) is 1. The van der Waals surface area contributed by atoms with Crippen molar-refractivity contribution in [3.8, 4) is 5.75 Å². The number of aromatic hydroxyl groups is 1. The number of phenolic OH excluding ortho intramolecular Hbond substituents is 1. The third-order valence-corrected chi connectivity index (χ3v) is 3.70. The molecule has 0 radical (unpaired) electrons. The Labute approximate surface area is 151 Å². The summed E-state index contributed by atoms with van der Waals surface area (Å²) in [6, 6.07) is 9.69. The number of hydrazone groups is 1. The van der Waals surface area contributed by atoms with Crippen molar-refractivity contribution in [3.63, 3.8) is 0 Å². The lowest BCUT2D eigenvalue weighted by molar-refractivity contribution is 0.0955. The molecule has 0 aliphatic carbocycles. The standard InChI is InChI=1S/C14H9BrCl2N2O2.CH4O/c15-11-6-9(16)5-8(13(11)20)7-18-19-14(21)10-3-1-2-4-12(10)17;1-2/h1-7,20H,(H,19,21);2H,1H3/b18-7+;. The molecule has 0 bridgehead atoms. The molecule has 0 aliphatic rings. The van der Waals surface area contributed by atoms with E-state index >= 15 is 0 Å². The number of carbonyl (C=O) groups excluding carboxylic acids is 1. The van der Waals surface area contributed by atoms with Crippen LogP contribution in [-0.2, 0) is 0 Å². The van der Waals surface area contributed by atoms with Crippen LogP contribution in [0.4, 0.5) is 0 Å². The predicted octanol–water partition coefficient (Wildman–Crippen LogP) is 3.83. The molecule has 0 saturated heterocycles. The SMILES string of the molecule is CO.O=C(N/N=C/c1cc(Cl)cc(Br)c1O)c1ccccc1Cl. The maximum absolute atomic E-state index is 11.9. The first-order valence-corrected chi connectivity index (χ1v) is 7.74. The minimum Gasteiger partial charge on any atom is -0.506 e. The van der Waals surface area contributed by atoms with Gasteiger partial charge in [0.25, 0.3) is 5.91 Å². The van der Waals surface area contributed by atoms with Crippen LogP contribution >= 0.6 is 39.1 Å². The molecular formula is C15H13BrCl2N2O3. The first-order valence-electron chi connectivity index (χ1n) is 6.19. The molecule has 3 N–H and O–H groups in total. The number of hydrogen-bond donors (Lipinski definition) is 3. The van der Waals surface area contributed by atoms with Gasteiger partial charge >= 0.3 is 0 Å². The van der Waals surface area contributed by atoms with Crippen LogP contribution in [0.2, 0.25) is 10.0 Å². The van der Waals surface area contributed by atoms with E-state index in [-0.39, 0.29) is 5.75 Å². The average molecular weight is 420 g/mol. The summed E-state index contributed by atoms with van der Waals surface area (Å²) in [7, 11) is 1.00. The molecule has 0 aliphatic heterocycles. The second-order valence-corrected chi connectivity index (χ2v) is 5.70. The van der Waals surface area contributed by atoms with Crippen molar-refractivity contribution in [2.24, 2.45) is 5.10 Å². The maximum Gasteiger partial charge on any atom is 0.272 e. The zero-order valence-corrected chi connectivity index (χ0v) is 15.0. The van der Waals surface area contributed by atoms with Gasteiger partial charge in [0, 0.05) is 17.7 Å². The largest absolute Gasteiger partial charge is 0.506 e. The van der Waals surface area contributed by atoms with E-state index in [1.54, 1.807) is 30.3 Å². The summed E-state index contributed by atoms with van der Waals surface area (Å²) in [5, 5.41) is 21.4. The summed E-state index contributed by atoms with van der Waals surface area (Å²) >= 11 is 14.9. The smallest absolute Gasteiger partial charge is 0.272 e. The third-order valence-electron chi connectivity index (χ3n) is 2.55. The van der Waals surface area contributed by atoms with Gasteiger partial charge in [-0.25, -0.2) is 5.43 Å². The van der Waals surface area contributed by atoms with Gasteiger partial charge in [0.2, 0.25) is 0 Å². The number of aliphatic hydroxyl groups is 1. The maximum atomic E-state index is 11.9. The second-order valence-electron chi connectivity index (χ2n) is 4.00. The summed E-state index contributed by atoms with van der Waals surface area (Å²) in [5.74, 6) is -0.465. The van der Waals surface area contributed by atoms with Gasteiger partial charge in [-0.3, -0.25) is 4.79 Å². The van der Waals surface area contributed by atoms with E-state index in [0.717, 1.165) is 7.11 Å². The highest BCUT2D eigenvalue weighted by Crippen LogP contribution is 2.30. The van der Waals surface area contributed by atoms with Crippen molar-refractivity contribution in [1.82, 2.24) is 5.43 Å². The Morgan fingerprint density at radius 2 is 1.91 bits per heavy atom. The van der Waals surface area contributed by atoms with Gasteiger partial charge in [-0.2, -0.15) is 5.10 Å². The summed E-state index contributed by atoms with van der Waals surface area (Å²) < 4.78 is 0.439. The van der Waals surface area contributed by atoms with Gasteiger partial charge in [0.15, 0.2) is 0 Å². The second kappa shape index (κ2) is 9.52. The number of hydrogen-bond acceptors (Lipinski definition) is 4. The van der Waals surface area contributed by atoms with Crippen LogP contribution in [0.15, 0.2) is 46.0 Å². The number of aliphatic hydroxyl groups excluding tert-OH is 1. The molecule has 0 atom stereocenters. The molecule has 5 nitrogen and oxygen atoms in total. The minimum atomic E-state index is -0.447. The molecule has 23 heavy (non-hydrogen) atoms. The highest BCUT2D eigenvalue weighted by molar-refractivity contribution is 9.10. The molecule has 0 unspecified atom stereocenters. The number of benzene rings is 2. The quantitative estimate of drug-likeness (QED) is 0.522. The van der Waals surface area contributed by atoms with Crippen molar-refractivity contribution in [3.05, 3.63) is 62.0 Å². The fraction of sp³-hybridized carbons (Fsp3) is 0.0667. The monoisotopic (exact) mass is 418 g/mol. The highest BCUT2D eigenvalue weighted by atomic mass is 79.9. The van der Waals surface area contributed by atoms with Crippen molar-refractivity contribution in [2.45, 2.75) is 0 Å². The van der Waals surface area contributed by atoms with E-state index in [1.807, 2.05) is 0 Å². The van der Waals surface area contributed by atoms with Gasteiger partial charge < -0.3 is 10.2 Å². The molecule has 0 aromatic heterocycles. The lowest BCUT2D eigenvalue weighted by atomic mass is 10.2. The molecule has 0 spiro atoms. The van der Waals surface area contributed by atoms with Crippen molar-refractivity contribution >= 4 is 51.3 Å². The van der Waals surface area contributed by atoms with Crippen LogP contribution in [0.3, 0.4) is 0 Å². The molecule has 122 valence electrons. The summed E-state index contributed by atoms with van der Waals surface area (Å²) in [5.41, 5.74) is 3.01. The van der Waals surface area contributed by atoms with Crippen molar-refractivity contribution < 1.29 is 15.0 Å². The molecule has 1 amide bonds. The zero-order chi connectivity index (χ0) is 17.4. The van der Waals surface area contributed by atoms with E-state index in [4.69, 9.17) is 28.3 Å². The van der Waals surface area contributed by atoms with Gasteiger partial charge in [0.05, 0.1) is 21.3 Å². The van der Waals surface area contributed by atoms with Crippen LogP contribution in [0, 0.1) is 0 Å². The highest BCUT2D eigenvalue weighted by Gasteiger charge is 2.09. The van der Waals surface area contributed by atoms with Crippen molar-refractivity contribution in [1.29, 1.82) is 0 Å². The van der Waals surface area contributed by atoms with Crippen LogP contribution in [0.5, 0.6) is 5.75 Å². The zero-order valence-electron chi connectivity index (χ0n) is 11.9. The van der Waals surface area contributed by atoms with E-state index in [1.165, 1.54) is 12.3 Å². The van der Waals surface area contributed by atoms with Crippen LogP contribution < -0.4 is 5.43 Å². The number of halogens is 3. The summed E-state index contributed by atoms with van der Waals surface area (Å²) in [6.45, 7) is 0. The molecule has 2 aromatic carbocycles. The Kier molecular flexibility index (Phi) is 8.05. The van der Waals surface area contributed by atoms with Crippen molar-refractivity contribution in [2.75, 3.05) is 7.11 Å². The van der Waals surface area contributed by atoms with E-state index in [2.05, 4.69) is 26.5 Å². The molecule has 0 fully saturated rings. The number of nitrogens with zero attached hydrogens (tertiary/aromatic N) is 1. The summed E-state index contributed by atoms with van der Waals surface area (Å²) in [6.07, 6.45) is 1.29. The molecule has 2 rings (SSSR count). The number of phenols is 1. The van der Waals surface area contributed by atoms with E-state index < -0.39 is 5.91 Å². The first-order chi connectivity index (χ1) is 11.0. The fourth-order valence-electron chi connectivity index (χ4n) is 1.55. The van der Waals surface area contributed by atoms with Gasteiger partial charge in [0.1, 0.15) is 5.75 Å². The van der Waals surface area contributed by atoms with E-state index in [0.29, 0.717) is 25.6 Å². The normalized spacial score (nSPS) is 10.1. The van der Waals surface area contributed by atoms with Gasteiger partial charge in [-0.1, -0.05) is 35.3 Å². The first kappa shape index (κ1) is 19.4. The molecule has 8 heteroatoms. The van der Waals surface area contributed by atoms with Gasteiger partial charge in [-0.05, 0) is 40.2 Å². The van der Waals surface area contributed by atoms with Gasteiger partial charge in [-0.15, -0.1) is 0 Å². The summed E-state index contributed by atoms with van der Waals surface area (Å²) in [4.78, 5) is 11.9. The number of rotatable bonds is 3. The minimum absolute atomic E-state index is 0.0184.